The maximum absolute atomic E-state index is 12.6. The third-order valence-electron chi connectivity index (χ3n) is 3.82. The molecule has 0 bridgehead atoms. The van der Waals surface area contributed by atoms with E-state index in [2.05, 4.69) is 23.3 Å². The Morgan fingerprint density at radius 1 is 1.43 bits per heavy atom. The Morgan fingerprint density at radius 2 is 2.22 bits per heavy atom. The van der Waals surface area contributed by atoms with Gasteiger partial charge in [-0.25, -0.2) is 9.78 Å². The van der Waals surface area contributed by atoms with Crippen LogP contribution >= 0.6 is 0 Å². The van der Waals surface area contributed by atoms with E-state index in [0.717, 1.165) is 30.8 Å². The minimum absolute atomic E-state index is 0.259. The van der Waals surface area contributed by atoms with Crippen LogP contribution in [0.4, 0.5) is 10.6 Å². The topological polar surface area (TPSA) is 54.5 Å². The van der Waals surface area contributed by atoms with Gasteiger partial charge in [-0.1, -0.05) is 19.4 Å². The zero-order valence-corrected chi connectivity index (χ0v) is 14.8. The fourth-order valence-electron chi connectivity index (χ4n) is 2.85. The second-order valence-corrected chi connectivity index (χ2v) is 7.05. The lowest BCUT2D eigenvalue weighted by Gasteiger charge is -2.31. The van der Waals surface area contributed by atoms with Crippen molar-refractivity contribution in [1.29, 1.82) is 0 Å². The van der Waals surface area contributed by atoms with Crippen molar-refractivity contribution >= 4 is 11.9 Å². The maximum atomic E-state index is 12.6. The van der Waals surface area contributed by atoms with E-state index >= 15 is 0 Å². The number of anilines is 1. The Labute approximate surface area is 139 Å². The molecule has 0 aliphatic carbocycles. The van der Waals surface area contributed by atoms with Crippen LogP contribution < -0.4 is 10.2 Å². The van der Waals surface area contributed by atoms with E-state index in [1.165, 1.54) is 12.8 Å². The molecule has 5 nitrogen and oxygen atoms in total. The molecule has 0 spiro atoms. The van der Waals surface area contributed by atoms with Gasteiger partial charge in [0.2, 0.25) is 0 Å². The fourth-order valence-corrected chi connectivity index (χ4v) is 2.85. The SMILES string of the molecule is CCCN(C(=O)OC(C)(C)C)c1ncccc1[C@H]1CCCCN1. The number of piperidine rings is 1. The van der Waals surface area contributed by atoms with Crippen LogP contribution in [0, 0.1) is 0 Å². The second kappa shape index (κ2) is 7.77. The molecule has 0 radical (unpaired) electrons. The molecule has 1 fully saturated rings. The largest absolute Gasteiger partial charge is 0.443 e. The van der Waals surface area contributed by atoms with Crippen molar-refractivity contribution in [2.24, 2.45) is 0 Å². The van der Waals surface area contributed by atoms with Gasteiger partial charge in [-0.15, -0.1) is 0 Å². The molecular formula is C18H29N3O2. The normalized spacial score (nSPS) is 18.5. The number of carbonyl (C=O) groups excluding carboxylic acids is 1. The van der Waals surface area contributed by atoms with Crippen LogP contribution in [0.1, 0.15) is 65.0 Å². The summed E-state index contributed by atoms with van der Waals surface area (Å²) >= 11 is 0. The lowest BCUT2D eigenvalue weighted by Crippen LogP contribution is -2.39. The van der Waals surface area contributed by atoms with E-state index in [1.807, 2.05) is 26.8 Å². The predicted octanol–water partition coefficient (Wildman–Crippen LogP) is 4.05. The van der Waals surface area contributed by atoms with Crippen LogP contribution in [-0.4, -0.2) is 29.8 Å². The molecule has 1 aromatic rings. The smallest absolute Gasteiger partial charge is 0.416 e. The summed E-state index contributed by atoms with van der Waals surface area (Å²) in [5.41, 5.74) is 0.577. The lowest BCUT2D eigenvalue weighted by molar-refractivity contribution is 0.0578. The number of nitrogens with zero attached hydrogens (tertiary/aromatic N) is 2. The summed E-state index contributed by atoms with van der Waals surface area (Å²) < 4.78 is 5.58. The highest BCUT2D eigenvalue weighted by Crippen LogP contribution is 2.30. The second-order valence-electron chi connectivity index (χ2n) is 7.05. The molecule has 2 heterocycles. The van der Waals surface area contributed by atoms with Gasteiger partial charge in [0, 0.05) is 24.3 Å². The third-order valence-corrected chi connectivity index (χ3v) is 3.82. The van der Waals surface area contributed by atoms with Crippen molar-refractivity contribution in [1.82, 2.24) is 10.3 Å². The fraction of sp³-hybridized carbons (Fsp3) is 0.667. The predicted molar refractivity (Wildman–Crippen MR) is 92.7 cm³/mol. The summed E-state index contributed by atoms with van der Waals surface area (Å²) in [6.45, 7) is 9.33. The van der Waals surface area contributed by atoms with Crippen molar-refractivity contribution < 1.29 is 9.53 Å². The number of carbonyl (C=O) groups is 1. The van der Waals surface area contributed by atoms with Gasteiger partial charge in [0.1, 0.15) is 11.4 Å². The summed E-state index contributed by atoms with van der Waals surface area (Å²) in [5.74, 6) is 0.725. The summed E-state index contributed by atoms with van der Waals surface area (Å²) in [6, 6.07) is 4.27. The Hall–Kier alpha value is -1.62. The van der Waals surface area contributed by atoms with Crippen LogP contribution in [0.3, 0.4) is 0 Å². The average Bonchev–Trinajstić information content (AvgIpc) is 2.52. The Bertz CT molecular complexity index is 519. The molecule has 1 N–H and O–H groups in total. The highest BCUT2D eigenvalue weighted by molar-refractivity contribution is 5.87. The van der Waals surface area contributed by atoms with Gasteiger partial charge in [-0.05, 0) is 52.6 Å². The first-order valence-electron chi connectivity index (χ1n) is 8.61. The standard InChI is InChI=1S/C18H29N3O2/c1-5-13-21(17(22)23-18(2,3)4)16-14(9-8-12-20-16)15-10-6-7-11-19-15/h8-9,12,15,19H,5-7,10-11,13H2,1-4H3/t15-/m1/s1. The van der Waals surface area contributed by atoms with Gasteiger partial charge < -0.3 is 10.1 Å². The van der Waals surface area contributed by atoms with Gasteiger partial charge in [0.25, 0.3) is 0 Å². The number of ether oxygens (including phenoxy) is 1. The molecule has 0 saturated carbocycles. The number of nitrogens with one attached hydrogen (secondary N) is 1. The first-order valence-corrected chi connectivity index (χ1v) is 8.61. The first-order chi connectivity index (χ1) is 10.9. The minimum Gasteiger partial charge on any atom is -0.443 e. The molecule has 1 aliphatic rings. The highest BCUT2D eigenvalue weighted by Gasteiger charge is 2.28. The Kier molecular flexibility index (Phi) is 5.99. The molecule has 5 heteroatoms. The maximum Gasteiger partial charge on any atom is 0.416 e. The average molecular weight is 319 g/mol. The molecule has 128 valence electrons. The minimum atomic E-state index is -0.513. The number of pyridine rings is 1. The van der Waals surface area contributed by atoms with E-state index in [-0.39, 0.29) is 12.1 Å². The van der Waals surface area contributed by atoms with E-state index < -0.39 is 5.60 Å². The van der Waals surface area contributed by atoms with Gasteiger partial charge in [0.05, 0.1) is 0 Å². The van der Waals surface area contributed by atoms with Crippen molar-refractivity contribution in [3.05, 3.63) is 23.9 Å². The van der Waals surface area contributed by atoms with Crippen molar-refractivity contribution in [2.45, 2.75) is 65.0 Å². The molecule has 0 unspecified atom stereocenters. The first kappa shape index (κ1) is 17.7. The molecule has 2 rings (SSSR count). The van der Waals surface area contributed by atoms with Crippen molar-refractivity contribution in [3.63, 3.8) is 0 Å². The number of aromatic nitrogens is 1. The number of hydrogen-bond acceptors (Lipinski definition) is 4. The molecule has 1 aromatic heterocycles. The zero-order chi connectivity index (χ0) is 16.9. The summed E-state index contributed by atoms with van der Waals surface area (Å²) in [5, 5.41) is 3.54. The van der Waals surface area contributed by atoms with Crippen LogP contribution in [-0.2, 0) is 4.74 Å². The van der Waals surface area contributed by atoms with Gasteiger partial charge in [-0.3, -0.25) is 4.90 Å². The molecule has 0 aromatic carbocycles. The lowest BCUT2D eigenvalue weighted by atomic mass is 9.97. The molecule has 1 amide bonds. The molecular weight excluding hydrogens is 290 g/mol. The van der Waals surface area contributed by atoms with Gasteiger partial charge in [-0.2, -0.15) is 0 Å². The van der Waals surface area contributed by atoms with Crippen LogP contribution in [0.5, 0.6) is 0 Å². The molecule has 23 heavy (non-hydrogen) atoms. The number of amides is 1. The van der Waals surface area contributed by atoms with Gasteiger partial charge in [0.15, 0.2) is 0 Å². The van der Waals surface area contributed by atoms with Crippen molar-refractivity contribution in [2.75, 3.05) is 18.0 Å². The van der Waals surface area contributed by atoms with Crippen molar-refractivity contribution in [3.8, 4) is 0 Å². The number of rotatable bonds is 4. The summed E-state index contributed by atoms with van der Waals surface area (Å²) in [4.78, 5) is 18.8. The van der Waals surface area contributed by atoms with E-state index in [0.29, 0.717) is 6.54 Å². The third kappa shape index (κ3) is 4.93. The van der Waals surface area contributed by atoms with E-state index in [1.54, 1.807) is 11.1 Å². The quantitative estimate of drug-likeness (QED) is 0.909. The molecule has 1 atom stereocenters. The highest BCUT2D eigenvalue weighted by atomic mass is 16.6. The van der Waals surface area contributed by atoms with E-state index in [4.69, 9.17) is 4.74 Å². The summed E-state index contributed by atoms with van der Waals surface area (Å²) in [7, 11) is 0. The summed E-state index contributed by atoms with van der Waals surface area (Å²) in [6.07, 6.45) is 5.76. The van der Waals surface area contributed by atoms with Crippen LogP contribution in [0.25, 0.3) is 0 Å². The Balaban J connectivity index is 2.29. The van der Waals surface area contributed by atoms with E-state index in [9.17, 15) is 4.79 Å². The van der Waals surface area contributed by atoms with Gasteiger partial charge >= 0.3 is 6.09 Å². The zero-order valence-electron chi connectivity index (χ0n) is 14.8. The van der Waals surface area contributed by atoms with Crippen LogP contribution in [0.2, 0.25) is 0 Å². The molecule has 1 saturated heterocycles. The monoisotopic (exact) mass is 319 g/mol. The Morgan fingerprint density at radius 3 is 2.83 bits per heavy atom. The molecule has 1 aliphatic heterocycles. The number of hydrogen-bond donors (Lipinski definition) is 1. The van der Waals surface area contributed by atoms with Crippen LogP contribution in [0.15, 0.2) is 18.3 Å².